The Hall–Kier alpha value is 0.920. The van der Waals surface area contributed by atoms with Crippen molar-refractivity contribution in [3.05, 3.63) is 0 Å². The molecule has 0 aromatic heterocycles. The smallest absolute Gasteiger partial charge is 0.244 e. The predicted octanol–water partition coefficient (Wildman–Crippen LogP) is 17.8. The summed E-state index contributed by atoms with van der Waals surface area (Å²) < 4.78 is 11.8. The first-order valence-corrected chi connectivity index (χ1v) is 26.5. The molecular formula is C44H91O2PS2. The number of thiol groups is 1. The van der Waals surface area contributed by atoms with E-state index in [0.717, 1.165) is 12.8 Å². The van der Waals surface area contributed by atoms with Gasteiger partial charge in [0.05, 0.1) is 13.2 Å². The Balaban J connectivity index is 3.24. The summed E-state index contributed by atoms with van der Waals surface area (Å²) in [7, 11) is 0. The van der Waals surface area contributed by atoms with E-state index >= 15 is 0 Å². The first-order valence-electron chi connectivity index (χ1n) is 22.7. The van der Waals surface area contributed by atoms with Crippen molar-refractivity contribution in [3.8, 4) is 0 Å². The van der Waals surface area contributed by atoms with E-state index in [0.29, 0.717) is 13.2 Å². The molecule has 0 atom stereocenters. The molecule has 0 saturated carbocycles. The van der Waals surface area contributed by atoms with Gasteiger partial charge in [-0.1, -0.05) is 270 Å². The molecule has 0 aromatic carbocycles. The first kappa shape index (κ1) is 49.9. The van der Waals surface area contributed by atoms with Crippen molar-refractivity contribution < 1.29 is 9.05 Å². The summed E-state index contributed by atoms with van der Waals surface area (Å²) in [5.74, 6) is 0. The average molecular weight is 747 g/mol. The minimum atomic E-state index is -2.35. The lowest BCUT2D eigenvalue weighted by Gasteiger charge is -2.16. The molecule has 0 spiro atoms. The summed E-state index contributed by atoms with van der Waals surface area (Å²) in [4.78, 5) is 0. The quantitative estimate of drug-likeness (QED) is 0.0380. The summed E-state index contributed by atoms with van der Waals surface area (Å²) >= 11 is 10.1. The highest BCUT2D eigenvalue weighted by atomic mass is 32.9. The van der Waals surface area contributed by atoms with Crippen LogP contribution in [-0.4, -0.2) is 13.2 Å². The molecule has 296 valence electrons. The van der Waals surface area contributed by atoms with Crippen LogP contribution in [-0.2, 0) is 20.9 Å². The zero-order chi connectivity index (χ0) is 35.6. The molecule has 49 heavy (non-hydrogen) atoms. The van der Waals surface area contributed by atoms with E-state index in [1.54, 1.807) is 0 Å². The van der Waals surface area contributed by atoms with Crippen LogP contribution < -0.4 is 0 Å². The maximum absolute atomic E-state index is 5.88. The molecule has 0 unspecified atom stereocenters. The van der Waals surface area contributed by atoms with Crippen LogP contribution in [0.15, 0.2) is 0 Å². The topological polar surface area (TPSA) is 18.5 Å². The molecule has 0 aromatic rings. The highest BCUT2D eigenvalue weighted by molar-refractivity contribution is 8.60. The number of rotatable bonds is 44. The molecule has 0 radical (unpaired) electrons. The third kappa shape index (κ3) is 45.0. The molecular weight excluding hydrogens is 656 g/mol. The molecule has 0 saturated heterocycles. The van der Waals surface area contributed by atoms with Crippen LogP contribution in [0.1, 0.15) is 271 Å². The Morgan fingerprint density at radius 3 is 0.592 bits per heavy atom. The van der Waals surface area contributed by atoms with Gasteiger partial charge in [0.25, 0.3) is 0 Å². The minimum absolute atomic E-state index is 0.707. The van der Waals surface area contributed by atoms with E-state index in [4.69, 9.17) is 20.9 Å². The molecule has 0 heterocycles. The van der Waals surface area contributed by atoms with Gasteiger partial charge in [-0.3, -0.25) is 0 Å². The molecule has 0 amide bonds. The molecule has 0 rings (SSSR count). The van der Waals surface area contributed by atoms with Gasteiger partial charge >= 0.3 is 0 Å². The number of hydrogen-bond donors (Lipinski definition) is 1. The maximum atomic E-state index is 5.88. The summed E-state index contributed by atoms with van der Waals surface area (Å²) in [6.07, 6.45) is 56.2. The average Bonchev–Trinajstić information content (AvgIpc) is 3.09. The predicted molar refractivity (Wildman–Crippen MR) is 231 cm³/mol. The van der Waals surface area contributed by atoms with Crippen molar-refractivity contribution in [3.63, 3.8) is 0 Å². The fourth-order valence-electron chi connectivity index (χ4n) is 7.11. The van der Waals surface area contributed by atoms with E-state index in [-0.39, 0.29) is 0 Å². The zero-order valence-electron chi connectivity index (χ0n) is 33.8. The second kappa shape index (κ2) is 43.3. The van der Waals surface area contributed by atoms with Crippen molar-refractivity contribution >= 4 is 29.7 Å². The summed E-state index contributed by atoms with van der Waals surface area (Å²) in [6.45, 7) is 6.02. The van der Waals surface area contributed by atoms with Gasteiger partial charge in [-0.15, -0.1) is 0 Å². The van der Waals surface area contributed by atoms with Crippen molar-refractivity contribution in [1.82, 2.24) is 0 Å². The van der Waals surface area contributed by atoms with Gasteiger partial charge in [0, 0.05) is 0 Å². The van der Waals surface area contributed by atoms with E-state index in [9.17, 15) is 0 Å². The second-order valence-electron chi connectivity index (χ2n) is 15.6. The van der Waals surface area contributed by atoms with Gasteiger partial charge in [0.1, 0.15) is 0 Å². The van der Waals surface area contributed by atoms with E-state index < -0.39 is 5.69 Å². The summed E-state index contributed by atoms with van der Waals surface area (Å²) in [6, 6.07) is 0. The van der Waals surface area contributed by atoms with Crippen LogP contribution in [0.5, 0.6) is 0 Å². The van der Waals surface area contributed by atoms with Crippen LogP contribution >= 0.6 is 17.9 Å². The van der Waals surface area contributed by atoms with Crippen LogP contribution in [0.3, 0.4) is 0 Å². The normalized spacial score (nSPS) is 12.0. The monoisotopic (exact) mass is 747 g/mol. The lowest BCUT2D eigenvalue weighted by atomic mass is 10.0. The minimum Gasteiger partial charge on any atom is -0.322 e. The van der Waals surface area contributed by atoms with Crippen molar-refractivity contribution in [1.29, 1.82) is 0 Å². The molecule has 0 bridgehead atoms. The largest absolute Gasteiger partial charge is 0.322 e. The van der Waals surface area contributed by atoms with Crippen molar-refractivity contribution in [2.75, 3.05) is 13.2 Å². The van der Waals surface area contributed by atoms with Gasteiger partial charge in [-0.2, -0.15) is 0 Å². The van der Waals surface area contributed by atoms with Crippen LogP contribution in [0, 0.1) is 0 Å². The van der Waals surface area contributed by atoms with Crippen LogP contribution in [0.2, 0.25) is 0 Å². The van der Waals surface area contributed by atoms with Gasteiger partial charge in [-0.05, 0) is 24.6 Å². The Morgan fingerprint density at radius 1 is 0.286 bits per heavy atom. The van der Waals surface area contributed by atoms with Crippen molar-refractivity contribution in [2.24, 2.45) is 0 Å². The standard InChI is InChI=1S/C44H91O2PS2/c1-3-5-7-9-11-13-15-17-19-21-23-25-27-29-31-33-35-37-39-41-43-45-47(48,49)46-44-42-40-38-36-34-32-30-28-26-24-22-20-18-16-14-12-10-8-6-4-2/h3-44H2,1-2H3,(H,48,49). The molecule has 0 aliphatic carbocycles. The first-order chi connectivity index (χ1) is 24.1. The van der Waals surface area contributed by atoms with Gasteiger partial charge < -0.3 is 9.05 Å². The fraction of sp³-hybridized carbons (Fsp3) is 1.00. The Labute approximate surface area is 321 Å². The Bertz CT molecular complexity index is 596. The Kier molecular flexibility index (Phi) is 44.1. The highest BCUT2D eigenvalue weighted by Gasteiger charge is 2.12. The molecule has 0 fully saturated rings. The summed E-state index contributed by atoms with van der Waals surface area (Å²) in [5.41, 5.74) is -2.35. The third-order valence-corrected chi connectivity index (χ3v) is 12.8. The van der Waals surface area contributed by atoms with Crippen LogP contribution in [0.25, 0.3) is 0 Å². The number of hydrogen-bond acceptors (Lipinski definition) is 3. The summed E-state index contributed by atoms with van der Waals surface area (Å²) in [5, 5.41) is 0. The van der Waals surface area contributed by atoms with Gasteiger partial charge in [0.2, 0.25) is 5.69 Å². The second-order valence-corrected chi connectivity index (χ2v) is 20.9. The van der Waals surface area contributed by atoms with Gasteiger partial charge in [-0.25, -0.2) is 0 Å². The van der Waals surface area contributed by atoms with E-state index in [2.05, 4.69) is 26.1 Å². The lowest BCUT2D eigenvalue weighted by Crippen LogP contribution is -1.96. The molecule has 5 heteroatoms. The van der Waals surface area contributed by atoms with E-state index in [1.807, 2.05) is 0 Å². The maximum Gasteiger partial charge on any atom is 0.244 e. The molecule has 0 aliphatic rings. The third-order valence-electron chi connectivity index (χ3n) is 10.5. The van der Waals surface area contributed by atoms with Crippen molar-refractivity contribution in [2.45, 2.75) is 271 Å². The van der Waals surface area contributed by atoms with Crippen LogP contribution in [0.4, 0.5) is 0 Å². The zero-order valence-corrected chi connectivity index (χ0v) is 36.4. The number of unbranched alkanes of at least 4 members (excludes halogenated alkanes) is 38. The molecule has 0 aliphatic heterocycles. The van der Waals surface area contributed by atoms with E-state index in [1.165, 1.54) is 244 Å². The molecule has 2 nitrogen and oxygen atoms in total. The van der Waals surface area contributed by atoms with Gasteiger partial charge in [0.15, 0.2) is 0 Å². The fourth-order valence-corrected chi connectivity index (χ4v) is 8.84. The lowest BCUT2D eigenvalue weighted by molar-refractivity contribution is 0.250. The highest BCUT2D eigenvalue weighted by Crippen LogP contribution is 2.53. The molecule has 0 N–H and O–H groups in total. The SMILES string of the molecule is CCCCCCCCCCCCCCCCCCCCCCOP(=S)(S)OCCCCCCCCCCCCCCCCCCCCCC. The Morgan fingerprint density at radius 2 is 0.429 bits per heavy atom.